The highest BCUT2D eigenvalue weighted by atomic mass is 16.2. The Bertz CT molecular complexity index is 510. The molecule has 4 heteroatoms. The second-order valence-electron chi connectivity index (χ2n) is 6.48. The molecular weight excluding hydrogens is 274 g/mol. The average molecular weight is 303 g/mol. The smallest absolute Gasteiger partial charge is 0.317 e. The van der Waals surface area contributed by atoms with Crippen molar-refractivity contribution in [3.8, 4) is 0 Å². The minimum atomic E-state index is 0.0753. The van der Waals surface area contributed by atoms with Crippen LogP contribution < -0.4 is 10.2 Å². The van der Waals surface area contributed by atoms with Crippen molar-refractivity contribution in [2.24, 2.45) is 0 Å². The lowest BCUT2D eigenvalue weighted by molar-refractivity contribution is 0.190. The molecule has 1 aliphatic heterocycles. The zero-order chi connectivity index (χ0) is 16.3. The van der Waals surface area contributed by atoms with E-state index in [1.807, 2.05) is 11.8 Å². The molecule has 0 aliphatic carbocycles. The lowest BCUT2D eigenvalue weighted by Crippen LogP contribution is -2.53. The van der Waals surface area contributed by atoms with E-state index in [0.717, 1.165) is 32.6 Å². The van der Waals surface area contributed by atoms with Crippen molar-refractivity contribution in [3.05, 3.63) is 28.8 Å². The van der Waals surface area contributed by atoms with E-state index in [4.69, 9.17) is 0 Å². The van der Waals surface area contributed by atoms with Crippen LogP contribution in [0.3, 0.4) is 0 Å². The Hall–Kier alpha value is -1.71. The van der Waals surface area contributed by atoms with E-state index < -0.39 is 0 Å². The summed E-state index contributed by atoms with van der Waals surface area (Å²) in [6.45, 7) is 14.0. The molecule has 1 saturated heterocycles. The molecule has 2 rings (SSSR count). The van der Waals surface area contributed by atoms with Gasteiger partial charge in [0.2, 0.25) is 0 Å². The molecule has 0 radical (unpaired) electrons. The van der Waals surface area contributed by atoms with Crippen molar-refractivity contribution < 1.29 is 4.79 Å². The number of anilines is 1. The summed E-state index contributed by atoms with van der Waals surface area (Å²) in [7, 11) is 0. The molecule has 1 fully saturated rings. The molecule has 1 N–H and O–H groups in total. The van der Waals surface area contributed by atoms with Gasteiger partial charge >= 0.3 is 6.03 Å². The number of piperazine rings is 1. The van der Waals surface area contributed by atoms with Crippen molar-refractivity contribution in [2.45, 2.75) is 47.1 Å². The van der Waals surface area contributed by atoms with E-state index in [0.29, 0.717) is 0 Å². The molecule has 1 unspecified atom stereocenters. The van der Waals surface area contributed by atoms with Crippen LogP contribution in [0.25, 0.3) is 0 Å². The highest BCUT2D eigenvalue weighted by molar-refractivity contribution is 5.75. The van der Waals surface area contributed by atoms with Crippen LogP contribution in [0.2, 0.25) is 0 Å². The average Bonchev–Trinajstić information content (AvgIpc) is 2.46. The first kappa shape index (κ1) is 16.7. The number of nitrogens with zero attached hydrogens (tertiary/aromatic N) is 2. The highest BCUT2D eigenvalue weighted by Crippen LogP contribution is 2.27. The van der Waals surface area contributed by atoms with Crippen molar-refractivity contribution >= 4 is 11.7 Å². The van der Waals surface area contributed by atoms with E-state index in [-0.39, 0.29) is 12.1 Å². The SMILES string of the molecule is CCC(C)NC(=O)N1CCN(c2c(C)cc(C)cc2C)CC1. The summed E-state index contributed by atoms with van der Waals surface area (Å²) in [6.07, 6.45) is 0.966. The first-order valence-electron chi connectivity index (χ1n) is 8.30. The maximum Gasteiger partial charge on any atom is 0.317 e. The zero-order valence-corrected chi connectivity index (χ0v) is 14.6. The molecule has 122 valence electrons. The normalized spacial score (nSPS) is 16.6. The summed E-state index contributed by atoms with van der Waals surface area (Å²) in [4.78, 5) is 16.5. The lowest BCUT2D eigenvalue weighted by Gasteiger charge is -2.38. The zero-order valence-electron chi connectivity index (χ0n) is 14.6. The van der Waals surface area contributed by atoms with Gasteiger partial charge in [-0.3, -0.25) is 0 Å². The van der Waals surface area contributed by atoms with Crippen molar-refractivity contribution in [3.63, 3.8) is 0 Å². The Morgan fingerprint density at radius 3 is 2.18 bits per heavy atom. The van der Waals surface area contributed by atoms with Gasteiger partial charge in [-0.05, 0) is 45.2 Å². The van der Waals surface area contributed by atoms with Crippen LogP contribution in [-0.4, -0.2) is 43.2 Å². The molecule has 22 heavy (non-hydrogen) atoms. The summed E-state index contributed by atoms with van der Waals surface area (Å²) in [5.41, 5.74) is 5.31. The van der Waals surface area contributed by atoms with E-state index in [9.17, 15) is 4.79 Å². The molecular formula is C18H29N3O. The Balaban J connectivity index is 1.99. The Morgan fingerprint density at radius 2 is 1.68 bits per heavy atom. The molecule has 4 nitrogen and oxygen atoms in total. The Labute approximate surface area is 134 Å². The van der Waals surface area contributed by atoms with Crippen LogP contribution in [0.5, 0.6) is 0 Å². The largest absolute Gasteiger partial charge is 0.368 e. The van der Waals surface area contributed by atoms with Gasteiger partial charge in [-0.15, -0.1) is 0 Å². The van der Waals surface area contributed by atoms with E-state index in [1.54, 1.807) is 0 Å². The summed E-state index contributed by atoms with van der Waals surface area (Å²) < 4.78 is 0. The number of amides is 2. The van der Waals surface area contributed by atoms with E-state index in [2.05, 4.69) is 50.0 Å². The first-order valence-corrected chi connectivity index (χ1v) is 8.30. The molecule has 2 amide bonds. The number of carbonyl (C=O) groups excluding carboxylic acids is 1. The monoisotopic (exact) mass is 303 g/mol. The fourth-order valence-corrected chi connectivity index (χ4v) is 3.21. The maximum atomic E-state index is 12.2. The molecule has 0 spiro atoms. The number of nitrogens with one attached hydrogen (secondary N) is 1. The number of aryl methyl sites for hydroxylation is 3. The van der Waals surface area contributed by atoms with Gasteiger partial charge in [0.05, 0.1) is 0 Å². The van der Waals surface area contributed by atoms with Gasteiger partial charge in [0.15, 0.2) is 0 Å². The molecule has 1 aromatic carbocycles. The fourth-order valence-electron chi connectivity index (χ4n) is 3.21. The van der Waals surface area contributed by atoms with Crippen LogP contribution in [-0.2, 0) is 0 Å². The van der Waals surface area contributed by atoms with Gasteiger partial charge in [0, 0.05) is 37.9 Å². The first-order chi connectivity index (χ1) is 10.4. The summed E-state index contributed by atoms with van der Waals surface area (Å²) in [5.74, 6) is 0. The van der Waals surface area contributed by atoms with E-state index in [1.165, 1.54) is 22.4 Å². The number of hydrogen-bond donors (Lipinski definition) is 1. The van der Waals surface area contributed by atoms with Crippen LogP contribution in [0, 0.1) is 20.8 Å². The third-order valence-electron chi connectivity index (χ3n) is 4.50. The number of rotatable bonds is 3. The Kier molecular flexibility index (Phi) is 5.33. The highest BCUT2D eigenvalue weighted by Gasteiger charge is 2.23. The number of benzene rings is 1. The second kappa shape index (κ2) is 7.03. The molecule has 1 atom stereocenters. The number of urea groups is 1. The van der Waals surface area contributed by atoms with E-state index >= 15 is 0 Å². The van der Waals surface area contributed by atoms with Crippen molar-refractivity contribution in [2.75, 3.05) is 31.1 Å². The van der Waals surface area contributed by atoms with Crippen LogP contribution in [0.15, 0.2) is 12.1 Å². The summed E-state index contributed by atoms with van der Waals surface area (Å²) in [5, 5.41) is 3.05. The van der Waals surface area contributed by atoms with Crippen LogP contribution in [0.4, 0.5) is 10.5 Å². The topological polar surface area (TPSA) is 35.6 Å². The molecule has 0 aromatic heterocycles. The minimum absolute atomic E-state index is 0.0753. The third-order valence-corrected chi connectivity index (χ3v) is 4.50. The standard InChI is InChI=1S/C18H29N3O/c1-6-16(5)19-18(22)21-9-7-20(8-10-21)17-14(3)11-13(2)12-15(17)4/h11-12,16H,6-10H2,1-5H3,(H,19,22). The van der Waals surface area contributed by atoms with Crippen LogP contribution >= 0.6 is 0 Å². The van der Waals surface area contributed by atoms with Crippen molar-refractivity contribution in [1.82, 2.24) is 10.2 Å². The fraction of sp³-hybridized carbons (Fsp3) is 0.611. The quantitative estimate of drug-likeness (QED) is 0.930. The predicted octanol–water partition coefficient (Wildman–Crippen LogP) is 3.24. The number of hydrogen-bond acceptors (Lipinski definition) is 2. The summed E-state index contributed by atoms with van der Waals surface area (Å²) >= 11 is 0. The summed E-state index contributed by atoms with van der Waals surface area (Å²) in [6, 6.07) is 4.80. The van der Waals surface area contributed by atoms with Gasteiger partial charge in [0.1, 0.15) is 0 Å². The van der Waals surface area contributed by atoms with Gasteiger partial charge in [0.25, 0.3) is 0 Å². The van der Waals surface area contributed by atoms with Crippen LogP contribution in [0.1, 0.15) is 37.0 Å². The Morgan fingerprint density at radius 1 is 1.14 bits per heavy atom. The van der Waals surface area contributed by atoms with Gasteiger partial charge < -0.3 is 15.1 Å². The molecule has 0 bridgehead atoms. The maximum absolute atomic E-state index is 12.2. The lowest BCUT2D eigenvalue weighted by atomic mass is 10.0. The molecule has 1 aromatic rings. The predicted molar refractivity (Wildman–Crippen MR) is 92.7 cm³/mol. The number of carbonyl (C=O) groups is 1. The van der Waals surface area contributed by atoms with Gasteiger partial charge in [-0.2, -0.15) is 0 Å². The molecule has 0 saturated carbocycles. The molecule has 1 aliphatic rings. The second-order valence-corrected chi connectivity index (χ2v) is 6.48. The van der Waals surface area contributed by atoms with Gasteiger partial charge in [-0.25, -0.2) is 4.79 Å². The molecule has 1 heterocycles. The van der Waals surface area contributed by atoms with Crippen molar-refractivity contribution in [1.29, 1.82) is 0 Å². The minimum Gasteiger partial charge on any atom is -0.368 e. The van der Waals surface area contributed by atoms with Gasteiger partial charge in [-0.1, -0.05) is 24.6 Å². The third kappa shape index (κ3) is 3.73.